The van der Waals surface area contributed by atoms with E-state index in [-0.39, 0.29) is 6.04 Å². The molecular formula is C19H23NO2. The molecule has 3 nitrogen and oxygen atoms in total. The highest BCUT2D eigenvalue weighted by Crippen LogP contribution is 2.20. The van der Waals surface area contributed by atoms with Gasteiger partial charge in [-0.2, -0.15) is 0 Å². The molecule has 0 heterocycles. The second-order valence-corrected chi connectivity index (χ2v) is 5.23. The Morgan fingerprint density at radius 3 is 2.41 bits per heavy atom. The summed E-state index contributed by atoms with van der Waals surface area (Å²) in [7, 11) is 1.63. The largest absolute Gasteiger partial charge is 0.497 e. The zero-order valence-corrected chi connectivity index (χ0v) is 13.1. The number of nitrogens with one attached hydrogen (secondary N) is 1. The van der Waals surface area contributed by atoms with E-state index in [9.17, 15) is 5.11 Å². The second kappa shape index (κ2) is 8.37. The zero-order valence-electron chi connectivity index (χ0n) is 13.1. The molecule has 0 radical (unpaired) electrons. The highest BCUT2D eigenvalue weighted by Gasteiger charge is 2.15. The fraction of sp³-hybridized carbons (Fsp3) is 0.263. The second-order valence-electron chi connectivity index (χ2n) is 5.23. The van der Waals surface area contributed by atoms with E-state index in [1.807, 2.05) is 49.4 Å². The molecular weight excluding hydrogens is 274 g/mol. The van der Waals surface area contributed by atoms with Crippen molar-refractivity contribution in [2.75, 3.05) is 13.7 Å². The van der Waals surface area contributed by atoms with Crippen LogP contribution in [0.4, 0.5) is 0 Å². The quantitative estimate of drug-likeness (QED) is 0.823. The molecule has 3 heteroatoms. The van der Waals surface area contributed by atoms with Gasteiger partial charge in [-0.05, 0) is 30.2 Å². The van der Waals surface area contributed by atoms with Gasteiger partial charge in [-0.15, -0.1) is 0 Å². The molecule has 2 unspecified atom stereocenters. The van der Waals surface area contributed by atoms with E-state index >= 15 is 0 Å². The Kier molecular flexibility index (Phi) is 6.19. The third-order valence-electron chi connectivity index (χ3n) is 3.60. The average molecular weight is 297 g/mol. The van der Waals surface area contributed by atoms with Gasteiger partial charge in [0.1, 0.15) is 5.75 Å². The van der Waals surface area contributed by atoms with Crippen LogP contribution in [0.3, 0.4) is 0 Å². The first-order valence-electron chi connectivity index (χ1n) is 7.47. The van der Waals surface area contributed by atoms with E-state index in [4.69, 9.17) is 4.74 Å². The van der Waals surface area contributed by atoms with Crippen LogP contribution in [0.15, 0.2) is 60.7 Å². The topological polar surface area (TPSA) is 41.5 Å². The van der Waals surface area contributed by atoms with Crippen LogP contribution in [0.1, 0.15) is 24.2 Å². The van der Waals surface area contributed by atoms with Crippen LogP contribution in [0.5, 0.6) is 5.75 Å². The Bertz CT molecular complexity index is 578. The lowest BCUT2D eigenvalue weighted by atomic mass is 10.0. The maximum atomic E-state index is 10.3. The van der Waals surface area contributed by atoms with Crippen LogP contribution in [0.25, 0.3) is 6.08 Å². The van der Waals surface area contributed by atoms with Crippen LogP contribution >= 0.6 is 0 Å². The van der Waals surface area contributed by atoms with E-state index < -0.39 is 6.10 Å². The summed E-state index contributed by atoms with van der Waals surface area (Å²) in [6, 6.07) is 17.6. The van der Waals surface area contributed by atoms with Gasteiger partial charge in [0.05, 0.1) is 13.2 Å². The minimum absolute atomic E-state index is 0.0335. The van der Waals surface area contributed by atoms with Gasteiger partial charge in [0.15, 0.2) is 0 Å². The molecule has 0 fully saturated rings. The van der Waals surface area contributed by atoms with Gasteiger partial charge in [0.2, 0.25) is 0 Å². The van der Waals surface area contributed by atoms with Crippen molar-refractivity contribution in [3.8, 4) is 5.75 Å². The van der Waals surface area contributed by atoms with Crippen LogP contribution in [0.2, 0.25) is 0 Å². The van der Waals surface area contributed by atoms with Gasteiger partial charge >= 0.3 is 0 Å². The molecule has 0 aromatic heterocycles. The van der Waals surface area contributed by atoms with Gasteiger partial charge in [0, 0.05) is 12.6 Å². The van der Waals surface area contributed by atoms with Crippen LogP contribution in [-0.4, -0.2) is 24.8 Å². The molecule has 116 valence electrons. The summed E-state index contributed by atoms with van der Waals surface area (Å²) in [5.74, 6) is 0.794. The first-order chi connectivity index (χ1) is 10.7. The number of ether oxygens (including phenoxy) is 1. The zero-order chi connectivity index (χ0) is 15.8. The molecule has 0 spiro atoms. The third kappa shape index (κ3) is 4.72. The summed E-state index contributed by atoms with van der Waals surface area (Å²) in [5, 5.41) is 13.7. The maximum Gasteiger partial charge on any atom is 0.118 e. The Balaban J connectivity index is 1.83. The summed E-state index contributed by atoms with van der Waals surface area (Å²) >= 11 is 0. The van der Waals surface area contributed by atoms with Crippen molar-refractivity contribution in [1.29, 1.82) is 0 Å². The molecule has 22 heavy (non-hydrogen) atoms. The highest BCUT2D eigenvalue weighted by molar-refractivity contribution is 5.48. The first-order valence-corrected chi connectivity index (χ1v) is 7.47. The Morgan fingerprint density at radius 2 is 1.77 bits per heavy atom. The molecule has 2 atom stereocenters. The minimum Gasteiger partial charge on any atom is -0.497 e. The number of methoxy groups -OCH3 is 1. The van der Waals surface area contributed by atoms with E-state index in [0.29, 0.717) is 6.54 Å². The van der Waals surface area contributed by atoms with E-state index in [2.05, 4.69) is 29.6 Å². The SMILES string of the molecule is COc1ccc(C(O)C(C)NC/C=C/c2ccccc2)cc1. The monoisotopic (exact) mass is 297 g/mol. The van der Waals surface area contributed by atoms with E-state index in [1.165, 1.54) is 5.56 Å². The van der Waals surface area contributed by atoms with Crippen molar-refractivity contribution in [3.63, 3.8) is 0 Å². The van der Waals surface area contributed by atoms with Crippen LogP contribution in [-0.2, 0) is 0 Å². The third-order valence-corrected chi connectivity index (χ3v) is 3.60. The number of hydrogen-bond acceptors (Lipinski definition) is 3. The predicted octanol–water partition coefficient (Wildman–Crippen LogP) is 3.42. The maximum absolute atomic E-state index is 10.3. The molecule has 0 amide bonds. The average Bonchev–Trinajstić information content (AvgIpc) is 2.59. The fourth-order valence-corrected chi connectivity index (χ4v) is 2.21. The molecule has 0 saturated carbocycles. The predicted molar refractivity (Wildman–Crippen MR) is 90.9 cm³/mol. The number of rotatable bonds is 7. The van der Waals surface area contributed by atoms with Gasteiger partial charge in [-0.3, -0.25) is 0 Å². The summed E-state index contributed by atoms with van der Waals surface area (Å²) in [6.07, 6.45) is 3.59. The molecule has 2 aromatic rings. The Hall–Kier alpha value is -2.10. The molecule has 0 aliphatic carbocycles. The van der Waals surface area contributed by atoms with Crippen molar-refractivity contribution < 1.29 is 9.84 Å². The molecule has 2 N–H and O–H groups in total. The van der Waals surface area contributed by atoms with E-state index in [1.54, 1.807) is 7.11 Å². The minimum atomic E-state index is -0.545. The lowest BCUT2D eigenvalue weighted by molar-refractivity contribution is 0.138. The summed E-state index contributed by atoms with van der Waals surface area (Å²) in [6.45, 7) is 2.69. The normalized spacial score (nSPS) is 14.0. The first kappa shape index (κ1) is 16.3. The van der Waals surface area contributed by atoms with Gasteiger partial charge in [-0.1, -0.05) is 54.6 Å². The molecule has 2 aromatic carbocycles. The van der Waals surface area contributed by atoms with Crippen molar-refractivity contribution in [3.05, 3.63) is 71.8 Å². The lowest BCUT2D eigenvalue weighted by Gasteiger charge is -2.20. The van der Waals surface area contributed by atoms with Crippen molar-refractivity contribution in [2.24, 2.45) is 0 Å². The van der Waals surface area contributed by atoms with Crippen molar-refractivity contribution in [2.45, 2.75) is 19.1 Å². The summed E-state index contributed by atoms with van der Waals surface area (Å²) < 4.78 is 5.12. The van der Waals surface area contributed by atoms with Crippen LogP contribution < -0.4 is 10.1 Å². The molecule has 0 aliphatic heterocycles. The molecule has 2 rings (SSSR count). The standard InChI is InChI=1S/C19H23NO2/c1-15(19(21)17-10-12-18(22-2)13-11-17)20-14-6-9-16-7-4-3-5-8-16/h3-13,15,19-21H,14H2,1-2H3/b9-6+. The fourth-order valence-electron chi connectivity index (χ4n) is 2.21. The van der Waals surface area contributed by atoms with Gasteiger partial charge in [-0.25, -0.2) is 0 Å². The number of aliphatic hydroxyl groups excluding tert-OH is 1. The Morgan fingerprint density at radius 1 is 1.09 bits per heavy atom. The number of aliphatic hydroxyl groups is 1. The molecule has 0 saturated heterocycles. The number of benzene rings is 2. The summed E-state index contributed by atoms with van der Waals surface area (Å²) in [4.78, 5) is 0. The van der Waals surface area contributed by atoms with Gasteiger partial charge in [0.25, 0.3) is 0 Å². The van der Waals surface area contributed by atoms with Gasteiger partial charge < -0.3 is 15.2 Å². The highest BCUT2D eigenvalue weighted by atomic mass is 16.5. The lowest BCUT2D eigenvalue weighted by Crippen LogP contribution is -2.32. The van der Waals surface area contributed by atoms with E-state index in [0.717, 1.165) is 11.3 Å². The Labute approximate surface area is 132 Å². The van der Waals surface area contributed by atoms with Crippen molar-refractivity contribution >= 4 is 6.08 Å². The molecule has 0 bridgehead atoms. The smallest absolute Gasteiger partial charge is 0.118 e. The number of hydrogen-bond donors (Lipinski definition) is 2. The summed E-state index contributed by atoms with van der Waals surface area (Å²) in [5.41, 5.74) is 2.06. The van der Waals surface area contributed by atoms with Crippen LogP contribution in [0, 0.1) is 0 Å². The van der Waals surface area contributed by atoms with Crippen molar-refractivity contribution in [1.82, 2.24) is 5.32 Å². The molecule has 0 aliphatic rings.